The van der Waals surface area contributed by atoms with Gasteiger partial charge in [-0.05, 0) is 43.9 Å². The summed E-state index contributed by atoms with van der Waals surface area (Å²) in [6.07, 6.45) is 1.96. The lowest BCUT2D eigenvalue weighted by molar-refractivity contribution is 0.101. The van der Waals surface area contributed by atoms with Gasteiger partial charge in [0.2, 0.25) is 10.0 Å². The van der Waals surface area contributed by atoms with Crippen molar-refractivity contribution in [2.45, 2.75) is 30.7 Å². The van der Waals surface area contributed by atoms with Crippen LogP contribution < -0.4 is 10.5 Å². The first-order chi connectivity index (χ1) is 9.35. The van der Waals surface area contributed by atoms with Crippen LogP contribution in [-0.4, -0.2) is 26.8 Å². The van der Waals surface area contributed by atoms with Crippen LogP contribution >= 0.6 is 11.6 Å². The third kappa shape index (κ3) is 3.38. The molecule has 0 unspecified atom stereocenters. The van der Waals surface area contributed by atoms with Crippen LogP contribution in [-0.2, 0) is 10.0 Å². The van der Waals surface area contributed by atoms with E-state index in [1.54, 1.807) is 0 Å². The molecule has 0 bridgehead atoms. The van der Waals surface area contributed by atoms with Gasteiger partial charge in [0.05, 0.1) is 5.02 Å². The minimum absolute atomic E-state index is 0.0778. The summed E-state index contributed by atoms with van der Waals surface area (Å²) in [6, 6.07) is 3.94. The van der Waals surface area contributed by atoms with Crippen molar-refractivity contribution in [3.8, 4) is 0 Å². The maximum atomic E-state index is 12.4. The molecule has 1 aromatic carbocycles. The number of nitrogens with two attached hydrogens (primary N) is 1. The number of rotatable bonds is 6. The van der Waals surface area contributed by atoms with Gasteiger partial charge in [0.1, 0.15) is 4.90 Å². The Balaban J connectivity index is 2.32. The topological polar surface area (TPSA) is 89.3 Å². The van der Waals surface area contributed by atoms with E-state index in [1.165, 1.54) is 25.1 Å². The van der Waals surface area contributed by atoms with Crippen molar-refractivity contribution in [2.24, 2.45) is 11.7 Å². The summed E-state index contributed by atoms with van der Waals surface area (Å²) in [5.41, 5.74) is 5.91. The Morgan fingerprint density at radius 1 is 1.50 bits per heavy atom. The van der Waals surface area contributed by atoms with E-state index in [2.05, 4.69) is 4.72 Å². The Morgan fingerprint density at radius 2 is 2.15 bits per heavy atom. The molecule has 0 amide bonds. The number of halogens is 1. The summed E-state index contributed by atoms with van der Waals surface area (Å²) >= 11 is 5.95. The third-order valence-electron chi connectivity index (χ3n) is 3.38. The van der Waals surface area contributed by atoms with Crippen LogP contribution in [0.5, 0.6) is 0 Å². The average molecular weight is 317 g/mol. The summed E-state index contributed by atoms with van der Waals surface area (Å²) in [4.78, 5) is 11.3. The van der Waals surface area contributed by atoms with Gasteiger partial charge >= 0.3 is 0 Å². The number of ketones is 1. The lowest BCUT2D eigenvalue weighted by Gasteiger charge is -2.17. The molecule has 1 fully saturated rings. The van der Waals surface area contributed by atoms with Crippen LogP contribution in [0.3, 0.4) is 0 Å². The smallest absolute Gasteiger partial charge is 0.242 e. The summed E-state index contributed by atoms with van der Waals surface area (Å²) < 4.78 is 27.3. The molecule has 1 aromatic rings. The molecule has 0 spiro atoms. The molecule has 2 rings (SSSR count). The first-order valence-corrected chi connectivity index (χ1v) is 8.24. The van der Waals surface area contributed by atoms with E-state index in [0.717, 1.165) is 12.8 Å². The highest BCUT2D eigenvalue weighted by atomic mass is 35.5. The Hall–Kier alpha value is -0.950. The van der Waals surface area contributed by atoms with Gasteiger partial charge in [-0.2, -0.15) is 0 Å². The van der Waals surface area contributed by atoms with E-state index in [9.17, 15) is 13.2 Å². The van der Waals surface area contributed by atoms with Gasteiger partial charge < -0.3 is 5.73 Å². The fraction of sp³-hybridized carbons (Fsp3) is 0.462. The molecule has 1 atom stereocenters. The summed E-state index contributed by atoms with van der Waals surface area (Å²) in [5, 5.41) is 0.0917. The van der Waals surface area contributed by atoms with Crippen LogP contribution in [0, 0.1) is 5.92 Å². The van der Waals surface area contributed by atoms with E-state index >= 15 is 0 Å². The molecule has 1 aliphatic carbocycles. The molecule has 0 saturated heterocycles. The minimum atomic E-state index is -3.78. The number of carbonyl (C=O) groups excluding carboxylic acids is 1. The third-order valence-corrected chi connectivity index (χ3v) is 5.35. The largest absolute Gasteiger partial charge is 0.329 e. The summed E-state index contributed by atoms with van der Waals surface area (Å²) in [6.45, 7) is 1.62. The van der Waals surface area contributed by atoms with Crippen molar-refractivity contribution in [2.75, 3.05) is 6.54 Å². The number of hydrogen-bond donors (Lipinski definition) is 2. The van der Waals surface area contributed by atoms with Crippen molar-refractivity contribution < 1.29 is 13.2 Å². The van der Waals surface area contributed by atoms with Crippen molar-refractivity contribution in [3.63, 3.8) is 0 Å². The quantitative estimate of drug-likeness (QED) is 0.779. The van der Waals surface area contributed by atoms with Crippen molar-refractivity contribution in [1.82, 2.24) is 4.72 Å². The summed E-state index contributed by atoms with van der Waals surface area (Å²) in [7, 11) is -3.78. The summed E-state index contributed by atoms with van der Waals surface area (Å²) in [5.74, 6) is 0.0835. The van der Waals surface area contributed by atoms with E-state index < -0.39 is 10.0 Å². The van der Waals surface area contributed by atoms with Gasteiger partial charge in [-0.1, -0.05) is 11.6 Å². The SMILES string of the molecule is CC(=O)c1ccc(Cl)c(S(=O)(=O)N[C@@H](CN)C2CC2)c1. The normalized spacial score (nSPS) is 16.9. The van der Waals surface area contributed by atoms with Crippen molar-refractivity contribution in [1.29, 1.82) is 0 Å². The molecular weight excluding hydrogens is 300 g/mol. The minimum Gasteiger partial charge on any atom is -0.329 e. The second-order valence-electron chi connectivity index (χ2n) is 5.00. The van der Waals surface area contributed by atoms with Crippen molar-refractivity contribution in [3.05, 3.63) is 28.8 Å². The molecule has 5 nitrogen and oxygen atoms in total. The Morgan fingerprint density at radius 3 is 2.65 bits per heavy atom. The number of carbonyl (C=O) groups is 1. The van der Waals surface area contributed by atoms with Gasteiger partial charge in [0.25, 0.3) is 0 Å². The van der Waals surface area contributed by atoms with Gasteiger partial charge in [0, 0.05) is 18.2 Å². The lowest BCUT2D eigenvalue weighted by atomic mass is 10.1. The molecule has 0 aliphatic heterocycles. The van der Waals surface area contributed by atoms with Crippen LogP contribution in [0.1, 0.15) is 30.1 Å². The molecule has 3 N–H and O–H groups in total. The maximum absolute atomic E-state index is 12.4. The highest BCUT2D eigenvalue weighted by Gasteiger charge is 2.34. The zero-order valence-electron chi connectivity index (χ0n) is 11.1. The zero-order valence-corrected chi connectivity index (χ0v) is 12.7. The fourth-order valence-electron chi connectivity index (χ4n) is 2.03. The van der Waals surface area contributed by atoms with Crippen LogP contribution in [0.4, 0.5) is 0 Å². The van der Waals surface area contributed by atoms with Crippen LogP contribution in [0.2, 0.25) is 5.02 Å². The van der Waals surface area contributed by atoms with Crippen molar-refractivity contribution >= 4 is 27.4 Å². The second kappa shape index (κ2) is 5.81. The fourth-order valence-corrected chi connectivity index (χ4v) is 3.87. The Kier molecular flexibility index (Phi) is 4.49. The van der Waals surface area contributed by atoms with Gasteiger partial charge in [-0.25, -0.2) is 13.1 Å². The number of benzene rings is 1. The highest BCUT2D eigenvalue weighted by molar-refractivity contribution is 7.89. The van der Waals surface area contributed by atoms with E-state index in [1.807, 2.05) is 0 Å². The predicted molar refractivity (Wildman–Crippen MR) is 77.3 cm³/mol. The number of sulfonamides is 1. The molecule has 0 heterocycles. The lowest BCUT2D eigenvalue weighted by Crippen LogP contribution is -2.41. The molecule has 20 heavy (non-hydrogen) atoms. The molecular formula is C13H17ClN2O3S. The van der Waals surface area contributed by atoms with E-state index in [4.69, 9.17) is 17.3 Å². The monoisotopic (exact) mass is 316 g/mol. The number of hydrogen-bond acceptors (Lipinski definition) is 4. The first kappa shape index (κ1) is 15.4. The van der Waals surface area contributed by atoms with Gasteiger partial charge in [-0.15, -0.1) is 0 Å². The molecule has 7 heteroatoms. The van der Waals surface area contributed by atoms with E-state index in [0.29, 0.717) is 11.5 Å². The average Bonchev–Trinajstić information content (AvgIpc) is 3.20. The van der Waals surface area contributed by atoms with E-state index in [-0.39, 0.29) is 28.3 Å². The molecule has 0 radical (unpaired) electrons. The van der Waals surface area contributed by atoms with Gasteiger partial charge in [0.15, 0.2) is 5.78 Å². The first-order valence-electron chi connectivity index (χ1n) is 6.38. The number of nitrogens with one attached hydrogen (secondary N) is 1. The molecule has 0 aromatic heterocycles. The van der Waals surface area contributed by atoms with Crippen LogP contribution in [0.15, 0.2) is 23.1 Å². The maximum Gasteiger partial charge on any atom is 0.242 e. The molecule has 1 saturated carbocycles. The highest BCUT2D eigenvalue weighted by Crippen LogP contribution is 2.33. The van der Waals surface area contributed by atoms with Crippen LogP contribution in [0.25, 0.3) is 0 Å². The standard InChI is InChI=1S/C13H17ClN2O3S/c1-8(17)10-4-5-11(14)13(6-10)20(18,19)16-12(7-15)9-2-3-9/h4-6,9,12,16H,2-3,7,15H2,1H3/t12-/m0/s1. The second-order valence-corrected chi connectivity index (χ2v) is 7.09. The predicted octanol–water partition coefficient (Wildman–Crippen LogP) is 1.56. The number of Topliss-reactive ketones (excluding diaryl/α,β-unsaturated/α-hetero) is 1. The Bertz CT molecular complexity index is 627. The molecule has 110 valence electrons. The Labute approximate surface area is 123 Å². The zero-order chi connectivity index (χ0) is 14.9. The molecule has 1 aliphatic rings. The van der Waals surface area contributed by atoms with Gasteiger partial charge in [-0.3, -0.25) is 4.79 Å².